The Hall–Kier alpha value is -3.82. The molecular weight excluding hydrogens is 360 g/mol. The number of benzene rings is 4. The van der Waals surface area contributed by atoms with E-state index >= 15 is 0 Å². The molecule has 0 heteroatoms. The summed E-state index contributed by atoms with van der Waals surface area (Å²) in [5, 5.41) is 0. The van der Waals surface area contributed by atoms with Gasteiger partial charge in [-0.3, -0.25) is 0 Å². The van der Waals surface area contributed by atoms with Gasteiger partial charge in [-0.25, -0.2) is 0 Å². The van der Waals surface area contributed by atoms with Gasteiger partial charge in [0.2, 0.25) is 0 Å². The first-order chi connectivity index (χ1) is 14.7. The van der Waals surface area contributed by atoms with Crippen LogP contribution in [-0.2, 0) is 0 Å². The molecule has 144 valence electrons. The third-order valence-electron chi connectivity index (χ3n) is 5.12. The van der Waals surface area contributed by atoms with Crippen molar-refractivity contribution < 1.29 is 0 Å². The molecule has 0 fully saturated rings. The number of hydrogen-bond acceptors (Lipinski definition) is 0. The minimum absolute atomic E-state index is 1.04. The van der Waals surface area contributed by atoms with Gasteiger partial charge < -0.3 is 0 Å². The highest BCUT2D eigenvalue weighted by atomic mass is 14.1. The average Bonchev–Trinajstić information content (AvgIpc) is 2.80. The van der Waals surface area contributed by atoms with Crippen LogP contribution in [0.5, 0.6) is 0 Å². The zero-order valence-corrected chi connectivity index (χ0v) is 17.4. The lowest BCUT2D eigenvalue weighted by molar-refractivity contribution is 1.44. The second-order valence-corrected chi connectivity index (χ2v) is 7.46. The van der Waals surface area contributed by atoms with Gasteiger partial charge in [-0.2, -0.15) is 0 Å². The zero-order chi connectivity index (χ0) is 20.8. The fourth-order valence-corrected chi connectivity index (χ4v) is 3.40. The minimum Gasteiger partial charge on any atom is -0.0622 e. The second-order valence-electron chi connectivity index (χ2n) is 7.46. The van der Waals surface area contributed by atoms with Gasteiger partial charge in [0.05, 0.1) is 0 Å². The van der Waals surface area contributed by atoms with E-state index in [9.17, 15) is 0 Å². The third-order valence-corrected chi connectivity index (χ3v) is 5.12. The molecule has 0 atom stereocenters. The Morgan fingerprint density at radius 3 is 1.03 bits per heavy atom. The van der Waals surface area contributed by atoms with Gasteiger partial charge in [-0.05, 0) is 36.1 Å². The van der Waals surface area contributed by atoms with Gasteiger partial charge >= 0.3 is 0 Å². The molecule has 0 aliphatic heterocycles. The van der Waals surface area contributed by atoms with Crippen LogP contribution in [0.1, 0.15) is 33.4 Å². The summed E-state index contributed by atoms with van der Waals surface area (Å²) in [7, 11) is 0. The zero-order valence-electron chi connectivity index (χ0n) is 17.4. The van der Waals surface area contributed by atoms with Gasteiger partial charge in [0.1, 0.15) is 0 Å². The summed E-state index contributed by atoms with van der Waals surface area (Å²) in [6.07, 6.45) is 0. The Balaban J connectivity index is 2.00. The van der Waals surface area contributed by atoms with Crippen molar-refractivity contribution in [3.05, 3.63) is 154 Å². The van der Waals surface area contributed by atoms with Crippen molar-refractivity contribution in [1.29, 1.82) is 0 Å². The predicted octanol–water partition coefficient (Wildman–Crippen LogP) is 7.62. The van der Waals surface area contributed by atoms with E-state index in [0.717, 1.165) is 33.4 Å². The largest absolute Gasteiger partial charge is 0.0622 e. The van der Waals surface area contributed by atoms with Crippen LogP contribution in [0.3, 0.4) is 0 Å². The Kier molecular flexibility index (Phi) is 5.93. The molecule has 0 radical (unpaired) electrons. The molecule has 0 spiro atoms. The summed E-state index contributed by atoms with van der Waals surface area (Å²) in [6, 6.07) is 38.0. The van der Waals surface area contributed by atoms with Crippen LogP contribution in [0.2, 0.25) is 0 Å². The molecule has 0 bridgehead atoms. The molecule has 0 aromatic heterocycles. The third kappa shape index (κ3) is 4.59. The second kappa shape index (κ2) is 9.12. The molecule has 0 aliphatic rings. The Morgan fingerprint density at radius 2 is 0.700 bits per heavy atom. The summed E-state index contributed by atoms with van der Waals surface area (Å²) in [5.74, 6) is 0. The molecule has 4 rings (SSSR count). The van der Waals surface area contributed by atoms with Gasteiger partial charge in [0.25, 0.3) is 0 Å². The van der Waals surface area contributed by atoms with Crippen LogP contribution < -0.4 is 0 Å². The predicted molar refractivity (Wildman–Crippen MR) is 127 cm³/mol. The van der Waals surface area contributed by atoms with E-state index in [0.29, 0.717) is 0 Å². The van der Waals surface area contributed by atoms with Crippen LogP contribution in [0.15, 0.2) is 121 Å². The lowest BCUT2D eigenvalue weighted by Gasteiger charge is -2.07. The molecule has 0 nitrogen and oxygen atoms in total. The van der Waals surface area contributed by atoms with Gasteiger partial charge in [-0.1, -0.05) is 132 Å². The summed E-state index contributed by atoms with van der Waals surface area (Å²) >= 11 is 0. The molecule has 0 saturated heterocycles. The average molecular weight is 385 g/mol. The van der Waals surface area contributed by atoms with Crippen molar-refractivity contribution in [2.24, 2.45) is 0 Å². The molecule has 4 aromatic carbocycles. The highest BCUT2D eigenvalue weighted by Gasteiger charge is 2.06. The number of aryl methyl sites for hydroxylation is 2. The molecule has 0 heterocycles. The van der Waals surface area contributed by atoms with Crippen LogP contribution in [0.25, 0.3) is 11.1 Å². The van der Waals surface area contributed by atoms with Crippen molar-refractivity contribution in [3.63, 3.8) is 0 Å². The summed E-state index contributed by atoms with van der Waals surface area (Å²) in [5.41, 5.74) is 16.1. The van der Waals surface area contributed by atoms with Crippen molar-refractivity contribution >= 4 is 11.1 Å². The highest BCUT2D eigenvalue weighted by Crippen LogP contribution is 2.25. The minimum atomic E-state index is 1.04. The normalized spacial score (nSPS) is 10.1. The van der Waals surface area contributed by atoms with Gasteiger partial charge in [0.15, 0.2) is 0 Å². The van der Waals surface area contributed by atoms with Crippen molar-refractivity contribution in [2.45, 2.75) is 13.8 Å². The fraction of sp³-hybridized carbons (Fsp3) is 0.0667. The Labute approximate surface area is 179 Å². The highest BCUT2D eigenvalue weighted by molar-refractivity contribution is 5.83. The van der Waals surface area contributed by atoms with Crippen molar-refractivity contribution in [3.8, 4) is 0 Å². The first-order valence-electron chi connectivity index (χ1n) is 10.2. The molecule has 30 heavy (non-hydrogen) atoms. The first-order valence-corrected chi connectivity index (χ1v) is 10.2. The van der Waals surface area contributed by atoms with Gasteiger partial charge in [-0.15, -0.1) is 0 Å². The smallest absolute Gasteiger partial charge is 0.0393 e. The quantitative estimate of drug-likeness (QED) is 0.317. The maximum Gasteiger partial charge on any atom is 0.0393 e. The van der Waals surface area contributed by atoms with E-state index < -0.39 is 0 Å². The SMILES string of the molecule is Cc1ccc(C(=C=C=C(c2ccccc2)c2ccc(C)cc2)c2ccccc2)cc1. The topological polar surface area (TPSA) is 0 Å². The van der Waals surface area contributed by atoms with Crippen molar-refractivity contribution in [2.75, 3.05) is 0 Å². The first kappa shape index (κ1) is 19.5. The summed E-state index contributed by atoms with van der Waals surface area (Å²) in [6.45, 7) is 4.21. The molecule has 0 saturated carbocycles. The van der Waals surface area contributed by atoms with Crippen LogP contribution >= 0.6 is 0 Å². The van der Waals surface area contributed by atoms with E-state index in [4.69, 9.17) is 0 Å². The maximum atomic E-state index is 3.51. The van der Waals surface area contributed by atoms with E-state index in [2.05, 4.69) is 122 Å². The molecule has 0 amide bonds. The summed E-state index contributed by atoms with van der Waals surface area (Å²) in [4.78, 5) is 0. The fourth-order valence-electron chi connectivity index (χ4n) is 3.40. The van der Waals surface area contributed by atoms with Crippen LogP contribution in [0, 0.1) is 13.8 Å². The molecule has 0 aliphatic carbocycles. The molecule has 4 aromatic rings. The molecule has 0 N–H and O–H groups in total. The van der Waals surface area contributed by atoms with Crippen LogP contribution in [0.4, 0.5) is 0 Å². The molecule has 0 unspecified atom stereocenters. The maximum absolute atomic E-state index is 3.51. The number of hydrogen-bond donors (Lipinski definition) is 0. The Morgan fingerprint density at radius 1 is 0.400 bits per heavy atom. The van der Waals surface area contributed by atoms with Crippen molar-refractivity contribution in [1.82, 2.24) is 0 Å². The van der Waals surface area contributed by atoms with Gasteiger partial charge in [0, 0.05) is 11.1 Å². The standard InChI is InChI=1S/C30H24/c1-23-13-17-27(18-14-23)29(25-9-5-3-6-10-25)21-22-30(26-11-7-4-8-12-26)28-19-15-24(2)16-20-28/h3-20H,1-2H3. The lowest BCUT2D eigenvalue weighted by Crippen LogP contribution is -1.88. The number of rotatable bonds is 4. The monoisotopic (exact) mass is 384 g/mol. The lowest BCUT2D eigenvalue weighted by atomic mass is 9.96. The van der Waals surface area contributed by atoms with E-state index in [1.54, 1.807) is 0 Å². The van der Waals surface area contributed by atoms with Crippen LogP contribution in [-0.4, -0.2) is 0 Å². The van der Waals surface area contributed by atoms with E-state index in [-0.39, 0.29) is 0 Å². The Bertz CT molecular complexity index is 1110. The van der Waals surface area contributed by atoms with E-state index in [1.807, 2.05) is 12.1 Å². The molecular formula is C30H24. The summed E-state index contributed by atoms with van der Waals surface area (Å²) < 4.78 is 0. The van der Waals surface area contributed by atoms with E-state index in [1.165, 1.54) is 11.1 Å².